The maximum Gasteiger partial charge on any atom is 0.173 e. The minimum absolute atomic E-state index is 0.770. The van der Waals surface area contributed by atoms with E-state index < -0.39 is 0 Å². The van der Waals surface area contributed by atoms with E-state index in [1.54, 1.807) is 7.11 Å². The molecule has 0 unspecified atom stereocenters. The average molecular weight is 206 g/mol. The van der Waals surface area contributed by atoms with Crippen molar-refractivity contribution in [3.8, 4) is 17.1 Å². The van der Waals surface area contributed by atoms with Crippen molar-refractivity contribution in [3.63, 3.8) is 0 Å². The second kappa shape index (κ2) is 3.75. The molecular formula is C10H10N2OS. The number of aryl methyl sites for hydroxylation is 1. The van der Waals surface area contributed by atoms with Gasteiger partial charge in [0.15, 0.2) is 5.82 Å². The fourth-order valence-electron chi connectivity index (χ4n) is 1.18. The van der Waals surface area contributed by atoms with Crippen LogP contribution >= 0.6 is 11.5 Å². The molecule has 0 fully saturated rings. The zero-order chi connectivity index (χ0) is 9.97. The van der Waals surface area contributed by atoms with E-state index >= 15 is 0 Å². The molecule has 0 radical (unpaired) electrons. The zero-order valence-electron chi connectivity index (χ0n) is 8.02. The molecule has 0 amide bonds. The van der Waals surface area contributed by atoms with Gasteiger partial charge in [0.1, 0.15) is 10.8 Å². The summed E-state index contributed by atoms with van der Waals surface area (Å²) in [6.45, 7) is 1.95. The normalized spacial score (nSPS) is 10.1. The van der Waals surface area contributed by atoms with Crippen molar-refractivity contribution in [1.29, 1.82) is 0 Å². The smallest absolute Gasteiger partial charge is 0.173 e. The number of benzene rings is 1. The zero-order valence-corrected chi connectivity index (χ0v) is 8.84. The molecule has 0 saturated heterocycles. The van der Waals surface area contributed by atoms with Gasteiger partial charge in [0.25, 0.3) is 0 Å². The Kier molecular flexibility index (Phi) is 2.45. The first-order chi connectivity index (χ1) is 6.79. The number of ether oxygens (including phenoxy) is 1. The molecule has 0 aliphatic carbocycles. The minimum Gasteiger partial charge on any atom is -0.497 e. The maximum absolute atomic E-state index is 5.13. The van der Waals surface area contributed by atoms with Crippen LogP contribution in [0.5, 0.6) is 5.75 Å². The van der Waals surface area contributed by atoms with E-state index in [9.17, 15) is 0 Å². The van der Waals surface area contributed by atoms with Gasteiger partial charge >= 0.3 is 0 Å². The van der Waals surface area contributed by atoms with Gasteiger partial charge in [-0.15, -0.1) is 0 Å². The van der Waals surface area contributed by atoms with Gasteiger partial charge in [-0.2, -0.15) is 4.37 Å². The summed E-state index contributed by atoms with van der Waals surface area (Å²) in [4.78, 5) is 4.31. The molecule has 14 heavy (non-hydrogen) atoms. The molecule has 0 aliphatic heterocycles. The Morgan fingerprint density at radius 1 is 1.36 bits per heavy atom. The fourth-order valence-corrected chi connectivity index (χ4v) is 1.67. The van der Waals surface area contributed by atoms with Crippen LogP contribution in [0.15, 0.2) is 24.3 Å². The van der Waals surface area contributed by atoms with Crippen molar-refractivity contribution in [2.24, 2.45) is 0 Å². The highest BCUT2D eigenvalue weighted by Gasteiger charge is 2.04. The number of aromatic nitrogens is 2. The van der Waals surface area contributed by atoms with Crippen LogP contribution in [0.4, 0.5) is 0 Å². The summed E-state index contributed by atoms with van der Waals surface area (Å²) in [5.74, 6) is 1.60. The molecule has 2 rings (SSSR count). The summed E-state index contributed by atoms with van der Waals surface area (Å²) in [7, 11) is 1.65. The lowest BCUT2D eigenvalue weighted by atomic mass is 10.2. The first-order valence-electron chi connectivity index (χ1n) is 4.24. The summed E-state index contributed by atoms with van der Waals surface area (Å²) in [5.41, 5.74) is 0.994. The number of hydrogen-bond donors (Lipinski definition) is 0. The van der Waals surface area contributed by atoms with Crippen LogP contribution in [-0.4, -0.2) is 16.5 Å². The first-order valence-corrected chi connectivity index (χ1v) is 5.01. The third-order valence-electron chi connectivity index (χ3n) is 1.86. The van der Waals surface area contributed by atoms with Crippen LogP contribution in [0, 0.1) is 6.92 Å². The van der Waals surface area contributed by atoms with Crippen molar-refractivity contribution in [2.75, 3.05) is 7.11 Å². The van der Waals surface area contributed by atoms with Crippen LogP contribution in [0.2, 0.25) is 0 Å². The van der Waals surface area contributed by atoms with Gasteiger partial charge in [0.2, 0.25) is 0 Å². The van der Waals surface area contributed by atoms with E-state index in [1.807, 2.05) is 31.2 Å². The number of methoxy groups -OCH3 is 1. The third kappa shape index (κ3) is 1.75. The van der Waals surface area contributed by atoms with E-state index in [2.05, 4.69) is 9.36 Å². The third-order valence-corrected chi connectivity index (χ3v) is 2.48. The largest absolute Gasteiger partial charge is 0.497 e. The summed E-state index contributed by atoms with van der Waals surface area (Å²) >= 11 is 1.41. The predicted octanol–water partition coefficient (Wildman–Crippen LogP) is 2.52. The second-order valence-corrected chi connectivity index (χ2v) is 3.82. The van der Waals surface area contributed by atoms with E-state index in [4.69, 9.17) is 4.74 Å². The predicted molar refractivity (Wildman–Crippen MR) is 56.6 cm³/mol. The van der Waals surface area contributed by atoms with Gasteiger partial charge < -0.3 is 4.74 Å². The van der Waals surface area contributed by atoms with Crippen molar-refractivity contribution >= 4 is 11.5 Å². The summed E-state index contributed by atoms with van der Waals surface area (Å²) < 4.78 is 9.37. The molecule has 4 heteroatoms. The van der Waals surface area contributed by atoms with E-state index in [-0.39, 0.29) is 0 Å². The highest BCUT2D eigenvalue weighted by Crippen LogP contribution is 2.22. The Bertz CT molecular complexity index is 439. The molecule has 2 aromatic rings. The molecule has 1 aromatic carbocycles. The van der Waals surface area contributed by atoms with Crippen molar-refractivity contribution in [2.45, 2.75) is 6.92 Å². The Hall–Kier alpha value is -1.42. The summed E-state index contributed by atoms with van der Waals surface area (Å²) in [6, 6.07) is 7.75. The summed E-state index contributed by atoms with van der Waals surface area (Å²) in [6.07, 6.45) is 0. The van der Waals surface area contributed by atoms with Gasteiger partial charge in [0, 0.05) is 5.56 Å². The maximum atomic E-state index is 5.13. The van der Waals surface area contributed by atoms with Crippen molar-refractivity contribution in [1.82, 2.24) is 9.36 Å². The Labute approximate surface area is 86.6 Å². The second-order valence-electron chi connectivity index (χ2n) is 2.87. The molecule has 0 N–H and O–H groups in total. The van der Waals surface area contributed by atoms with E-state index in [1.165, 1.54) is 11.5 Å². The lowest BCUT2D eigenvalue weighted by Crippen LogP contribution is -1.84. The van der Waals surface area contributed by atoms with Crippen LogP contribution in [-0.2, 0) is 0 Å². The summed E-state index contributed by atoms with van der Waals surface area (Å²) in [5, 5.41) is 0.975. The fraction of sp³-hybridized carbons (Fsp3) is 0.200. The highest BCUT2D eigenvalue weighted by atomic mass is 32.1. The minimum atomic E-state index is 0.770. The molecule has 3 nitrogen and oxygen atoms in total. The van der Waals surface area contributed by atoms with E-state index in [0.29, 0.717) is 0 Å². The van der Waals surface area contributed by atoms with Gasteiger partial charge in [0.05, 0.1) is 7.11 Å². The van der Waals surface area contributed by atoms with Crippen molar-refractivity contribution < 1.29 is 4.74 Å². The Balaban J connectivity index is 2.41. The average Bonchev–Trinajstić information content (AvgIpc) is 2.65. The molecule has 1 aromatic heterocycles. The lowest BCUT2D eigenvalue weighted by Gasteiger charge is -2.00. The van der Waals surface area contributed by atoms with Crippen LogP contribution in [0.1, 0.15) is 5.01 Å². The molecule has 0 saturated carbocycles. The molecule has 0 bridgehead atoms. The lowest BCUT2D eigenvalue weighted by molar-refractivity contribution is 0.415. The first kappa shape index (κ1) is 9.15. The van der Waals surface area contributed by atoms with Gasteiger partial charge in [-0.05, 0) is 30.6 Å². The van der Waals surface area contributed by atoms with Crippen LogP contribution in [0.25, 0.3) is 11.4 Å². The highest BCUT2D eigenvalue weighted by molar-refractivity contribution is 7.05. The number of rotatable bonds is 2. The molecular weight excluding hydrogens is 196 g/mol. The molecule has 0 aliphatic rings. The number of hydrogen-bond acceptors (Lipinski definition) is 4. The molecule has 0 spiro atoms. The monoisotopic (exact) mass is 206 g/mol. The van der Waals surface area contributed by atoms with Gasteiger partial charge in [-0.25, -0.2) is 4.98 Å². The molecule has 0 atom stereocenters. The quantitative estimate of drug-likeness (QED) is 0.757. The Morgan fingerprint density at radius 3 is 2.86 bits per heavy atom. The molecule has 1 heterocycles. The van der Waals surface area contributed by atoms with Crippen LogP contribution in [0.3, 0.4) is 0 Å². The standard InChI is InChI=1S/C10H10N2OS/c1-7-11-10(12-14-7)8-4-3-5-9(6-8)13-2/h3-6H,1-2H3. The van der Waals surface area contributed by atoms with Gasteiger partial charge in [-0.3, -0.25) is 0 Å². The van der Waals surface area contributed by atoms with Crippen LogP contribution < -0.4 is 4.74 Å². The number of nitrogens with zero attached hydrogens (tertiary/aromatic N) is 2. The van der Waals surface area contributed by atoms with E-state index in [0.717, 1.165) is 22.1 Å². The Morgan fingerprint density at radius 2 is 2.21 bits per heavy atom. The van der Waals surface area contributed by atoms with Gasteiger partial charge in [-0.1, -0.05) is 12.1 Å². The topological polar surface area (TPSA) is 35.0 Å². The molecule has 72 valence electrons. The van der Waals surface area contributed by atoms with Crippen molar-refractivity contribution in [3.05, 3.63) is 29.3 Å². The SMILES string of the molecule is COc1cccc(-c2nsc(C)n2)c1.